The molecule has 2 aromatic rings. The largest absolute Gasteiger partial charge is 0.481 e. The molecule has 0 spiro atoms. The molecule has 2 N–H and O–H groups in total. The van der Waals surface area contributed by atoms with Crippen molar-refractivity contribution in [2.24, 2.45) is 0 Å². The van der Waals surface area contributed by atoms with Crippen LogP contribution < -0.4 is 5.32 Å². The van der Waals surface area contributed by atoms with Crippen LogP contribution in [-0.4, -0.2) is 22.6 Å². The third-order valence-corrected chi connectivity index (χ3v) is 3.01. The van der Waals surface area contributed by atoms with E-state index in [2.05, 4.69) is 10.3 Å². The summed E-state index contributed by atoms with van der Waals surface area (Å²) < 4.78 is 0. The summed E-state index contributed by atoms with van der Waals surface area (Å²) in [5, 5.41) is 14.3. The fourth-order valence-electron chi connectivity index (χ4n) is 2.21. The van der Waals surface area contributed by atoms with E-state index in [0.29, 0.717) is 6.54 Å². The van der Waals surface area contributed by atoms with E-state index in [9.17, 15) is 4.79 Å². The predicted octanol–water partition coefficient (Wildman–Crippen LogP) is 1.83. The molecular weight excluding hydrogens is 204 g/mol. The molecule has 0 bridgehead atoms. The van der Waals surface area contributed by atoms with E-state index in [1.165, 1.54) is 0 Å². The molecule has 0 saturated heterocycles. The molecule has 4 nitrogen and oxygen atoms in total. The smallest absolute Gasteiger partial charge is 0.312 e. The lowest BCUT2D eigenvalue weighted by Crippen LogP contribution is -2.12. The van der Waals surface area contributed by atoms with Crippen molar-refractivity contribution in [3.8, 4) is 0 Å². The van der Waals surface area contributed by atoms with Crippen molar-refractivity contribution in [1.82, 2.24) is 4.98 Å². The number of carboxylic acids is 1. The maximum absolute atomic E-state index is 11.0. The molecule has 1 aromatic heterocycles. The Morgan fingerprint density at radius 3 is 3.12 bits per heavy atom. The molecule has 0 radical (unpaired) electrons. The second-order valence-corrected chi connectivity index (χ2v) is 3.90. The number of hydrogen-bond donors (Lipinski definition) is 2. The Balaban J connectivity index is 2.26. The summed E-state index contributed by atoms with van der Waals surface area (Å²) in [4.78, 5) is 15.1. The molecule has 0 fully saturated rings. The van der Waals surface area contributed by atoms with E-state index in [1.807, 2.05) is 18.2 Å². The summed E-state index contributed by atoms with van der Waals surface area (Å²) in [7, 11) is 0. The van der Waals surface area contributed by atoms with Crippen molar-refractivity contribution in [3.05, 3.63) is 36.2 Å². The number of anilines is 1. The number of rotatable bonds is 1. The van der Waals surface area contributed by atoms with Crippen LogP contribution >= 0.6 is 0 Å². The van der Waals surface area contributed by atoms with Gasteiger partial charge in [0.05, 0.1) is 0 Å². The Labute approximate surface area is 91.9 Å². The van der Waals surface area contributed by atoms with Crippen LogP contribution in [0.3, 0.4) is 0 Å². The number of carbonyl (C=O) groups is 1. The van der Waals surface area contributed by atoms with Crippen molar-refractivity contribution < 1.29 is 9.90 Å². The first kappa shape index (κ1) is 9.15. The second-order valence-electron chi connectivity index (χ2n) is 3.90. The first-order valence-corrected chi connectivity index (χ1v) is 5.10. The second kappa shape index (κ2) is 3.20. The number of pyridine rings is 1. The highest BCUT2D eigenvalue weighted by molar-refractivity contribution is 5.99. The van der Waals surface area contributed by atoms with Gasteiger partial charge in [0, 0.05) is 35.4 Å². The Kier molecular flexibility index (Phi) is 1.83. The molecule has 1 unspecified atom stereocenters. The maximum Gasteiger partial charge on any atom is 0.312 e. The first-order valence-electron chi connectivity index (χ1n) is 5.10. The van der Waals surface area contributed by atoms with Gasteiger partial charge in [0.2, 0.25) is 0 Å². The van der Waals surface area contributed by atoms with Gasteiger partial charge in [0.25, 0.3) is 0 Å². The quantitative estimate of drug-likeness (QED) is 0.760. The van der Waals surface area contributed by atoms with E-state index in [1.54, 1.807) is 12.4 Å². The molecule has 1 atom stereocenters. The van der Waals surface area contributed by atoms with Crippen molar-refractivity contribution in [1.29, 1.82) is 0 Å². The molecule has 3 rings (SSSR count). The zero-order valence-corrected chi connectivity index (χ0v) is 8.47. The minimum Gasteiger partial charge on any atom is -0.481 e. The third-order valence-electron chi connectivity index (χ3n) is 3.01. The lowest BCUT2D eigenvalue weighted by molar-refractivity contribution is -0.138. The number of aliphatic carboxylic acids is 1. The van der Waals surface area contributed by atoms with E-state index < -0.39 is 11.9 Å². The fourth-order valence-corrected chi connectivity index (χ4v) is 2.21. The van der Waals surface area contributed by atoms with Crippen LogP contribution in [-0.2, 0) is 4.79 Å². The van der Waals surface area contributed by atoms with E-state index in [-0.39, 0.29) is 0 Å². The number of nitrogens with one attached hydrogen (secondary N) is 1. The number of carboxylic acid groups (broad SMARTS) is 1. The van der Waals surface area contributed by atoms with Crippen molar-refractivity contribution in [2.45, 2.75) is 5.92 Å². The number of benzene rings is 1. The normalized spacial score (nSPS) is 18.1. The Morgan fingerprint density at radius 1 is 1.44 bits per heavy atom. The SMILES string of the molecule is O=C(O)C1CNc2c1ccc1cnccc21. The van der Waals surface area contributed by atoms with Crippen LogP contribution in [0.2, 0.25) is 0 Å². The Morgan fingerprint density at radius 2 is 2.31 bits per heavy atom. The summed E-state index contributed by atoms with van der Waals surface area (Å²) >= 11 is 0. The average molecular weight is 214 g/mol. The molecule has 1 aromatic carbocycles. The maximum atomic E-state index is 11.0. The molecule has 80 valence electrons. The van der Waals surface area contributed by atoms with Gasteiger partial charge in [-0.15, -0.1) is 0 Å². The van der Waals surface area contributed by atoms with Gasteiger partial charge < -0.3 is 10.4 Å². The molecule has 0 saturated carbocycles. The summed E-state index contributed by atoms with van der Waals surface area (Å²) in [6, 6.07) is 5.70. The van der Waals surface area contributed by atoms with Crippen LogP contribution in [0.4, 0.5) is 5.69 Å². The minimum atomic E-state index is -0.778. The zero-order chi connectivity index (χ0) is 11.1. The molecule has 1 aliphatic heterocycles. The topological polar surface area (TPSA) is 62.2 Å². The number of hydrogen-bond acceptors (Lipinski definition) is 3. The molecule has 4 heteroatoms. The standard InChI is InChI=1S/C12H10N2O2/c15-12(16)10-6-14-11-8-3-4-13-5-7(8)1-2-9(10)11/h1-5,10,14H,6H2,(H,15,16). The Bertz CT molecular complexity index is 580. The number of nitrogens with zero attached hydrogens (tertiary/aromatic N) is 1. The molecule has 1 aliphatic rings. The highest BCUT2D eigenvalue weighted by Crippen LogP contribution is 2.37. The van der Waals surface area contributed by atoms with Crippen LogP contribution in [0.1, 0.15) is 11.5 Å². The molecule has 16 heavy (non-hydrogen) atoms. The first-order chi connectivity index (χ1) is 7.77. The van der Waals surface area contributed by atoms with Crippen molar-refractivity contribution >= 4 is 22.4 Å². The lowest BCUT2D eigenvalue weighted by Gasteiger charge is -2.06. The van der Waals surface area contributed by atoms with Crippen molar-refractivity contribution in [3.63, 3.8) is 0 Å². The molecule has 0 aliphatic carbocycles. The monoisotopic (exact) mass is 214 g/mol. The zero-order valence-electron chi connectivity index (χ0n) is 8.47. The van der Waals surface area contributed by atoms with E-state index in [0.717, 1.165) is 22.0 Å². The van der Waals surface area contributed by atoms with Crippen LogP contribution in [0.25, 0.3) is 10.8 Å². The molecule has 0 amide bonds. The number of aromatic nitrogens is 1. The lowest BCUT2D eigenvalue weighted by atomic mass is 9.99. The van der Waals surface area contributed by atoms with Gasteiger partial charge in [0.1, 0.15) is 5.92 Å². The van der Waals surface area contributed by atoms with Crippen LogP contribution in [0, 0.1) is 0 Å². The molecular formula is C12H10N2O2. The van der Waals surface area contributed by atoms with Gasteiger partial charge in [-0.1, -0.05) is 12.1 Å². The average Bonchev–Trinajstić information content (AvgIpc) is 2.73. The molecule has 2 heterocycles. The predicted molar refractivity (Wildman–Crippen MR) is 60.6 cm³/mol. The van der Waals surface area contributed by atoms with Gasteiger partial charge in [0.15, 0.2) is 0 Å². The summed E-state index contributed by atoms with van der Waals surface area (Å²) in [6.45, 7) is 0.464. The summed E-state index contributed by atoms with van der Waals surface area (Å²) in [5.41, 5.74) is 1.80. The number of fused-ring (bicyclic) bond motifs is 3. The van der Waals surface area contributed by atoms with Gasteiger partial charge >= 0.3 is 5.97 Å². The van der Waals surface area contributed by atoms with Gasteiger partial charge in [-0.2, -0.15) is 0 Å². The van der Waals surface area contributed by atoms with Gasteiger partial charge in [-0.25, -0.2) is 0 Å². The van der Waals surface area contributed by atoms with Gasteiger partial charge in [-0.3, -0.25) is 9.78 Å². The van der Waals surface area contributed by atoms with E-state index >= 15 is 0 Å². The van der Waals surface area contributed by atoms with Crippen LogP contribution in [0.5, 0.6) is 0 Å². The highest BCUT2D eigenvalue weighted by atomic mass is 16.4. The van der Waals surface area contributed by atoms with E-state index in [4.69, 9.17) is 5.11 Å². The fraction of sp³-hybridized carbons (Fsp3) is 0.167. The van der Waals surface area contributed by atoms with Gasteiger partial charge in [-0.05, 0) is 11.6 Å². The summed E-state index contributed by atoms with van der Waals surface area (Å²) in [6.07, 6.45) is 3.50. The van der Waals surface area contributed by atoms with Crippen LogP contribution in [0.15, 0.2) is 30.6 Å². The highest BCUT2D eigenvalue weighted by Gasteiger charge is 2.29. The van der Waals surface area contributed by atoms with Crippen molar-refractivity contribution in [2.75, 3.05) is 11.9 Å². The Hall–Kier alpha value is -2.10. The minimum absolute atomic E-state index is 0.437. The summed E-state index contributed by atoms with van der Waals surface area (Å²) in [5.74, 6) is -1.22. The third kappa shape index (κ3) is 1.16.